The molecule has 5 heteroatoms. The maximum atomic E-state index is 11.8. The first-order valence-corrected chi connectivity index (χ1v) is 7.30. The van der Waals surface area contributed by atoms with Gasteiger partial charge in [0.2, 0.25) is 5.91 Å². The van der Waals surface area contributed by atoms with E-state index in [1.54, 1.807) is 11.3 Å². The van der Waals surface area contributed by atoms with Crippen LogP contribution in [-0.4, -0.2) is 19.1 Å². The summed E-state index contributed by atoms with van der Waals surface area (Å²) in [6.45, 7) is 2.48. The Morgan fingerprint density at radius 3 is 2.95 bits per heavy atom. The second-order valence-electron chi connectivity index (χ2n) is 4.45. The minimum absolute atomic E-state index is 0.0552. The number of nitrogens with one attached hydrogen (secondary N) is 1. The van der Waals surface area contributed by atoms with Crippen LogP contribution in [0.2, 0.25) is 0 Å². The summed E-state index contributed by atoms with van der Waals surface area (Å²) in [5.41, 5.74) is 8.07. The van der Waals surface area contributed by atoms with Crippen molar-refractivity contribution in [2.45, 2.75) is 13.3 Å². The molecule has 20 heavy (non-hydrogen) atoms. The van der Waals surface area contributed by atoms with Crippen LogP contribution in [0.4, 0.5) is 11.4 Å². The normalized spacial score (nSPS) is 10.4. The number of benzene rings is 1. The first-order valence-electron chi connectivity index (χ1n) is 6.42. The third kappa shape index (κ3) is 4.08. The van der Waals surface area contributed by atoms with Gasteiger partial charge in [0.25, 0.3) is 0 Å². The number of carbonyl (C=O) groups excluding carboxylic acids is 1. The lowest BCUT2D eigenvalue weighted by Crippen LogP contribution is -2.19. The van der Waals surface area contributed by atoms with E-state index >= 15 is 0 Å². The van der Waals surface area contributed by atoms with Gasteiger partial charge >= 0.3 is 0 Å². The van der Waals surface area contributed by atoms with Gasteiger partial charge in [0, 0.05) is 22.7 Å². The molecule has 2 aromatic rings. The summed E-state index contributed by atoms with van der Waals surface area (Å²) >= 11 is 1.69. The van der Waals surface area contributed by atoms with Crippen LogP contribution in [0.5, 0.6) is 0 Å². The van der Waals surface area contributed by atoms with Crippen molar-refractivity contribution in [1.82, 2.24) is 0 Å². The highest BCUT2D eigenvalue weighted by molar-refractivity contribution is 7.09. The first-order chi connectivity index (χ1) is 9.66. The zero-order chi connectivity index (χ0) is 14.4. The van der Waals surface area contributed by atoms with E-state index in [9.17, 15) is 4.79 Å². The first kappa shape index (κ1) is 14.6. The number of amides is 1. The second kappa shape index (κ2) is 7.07. The Hall–Kier alpha value is -1.85. The highest BCUT2D eigenvalue weighted by Crippen LogP contribution is 2.20. The Kier molecular flexibility index (Phi) is 5.15. The highest BCUT2D eigenvalue weighted by atomic mass is 32.1. The van der Waals surface area contributed by atoms with E-state index in [0.717, 1.165) is 17.7 Å². The molecular formula is C15H18N2O2S. The van der Waals surface area contributed by atoms with Crippen molar-refractivity contribution in [3.05, 3.63) is 46.2 Å². The molecule has 0 aliphatic carbocycles. The van der Waals surface area contributed by atoms with E-state index in [-0.39, 0.29) is 12.5 Å². The van der Waals surface area contributed by atoms with Crippen LogP contribution in [0.3, 0.4) is 0 Å². The van der Waals surface area contributed by atoms with Gasteiger partial charge in [-0.15, -0.1) is 11.3 Å². The van der Waals surface area contributed by atoms with E-state index in [1.807, 2.05) is 36.6 Å². The van der Waals surface area contributed by atoms with Crippen LogP contribution in [0, 0.1) is 6.92 Å². The quantitative estimate of drug-likeness (QED) is 0.635. The van der Waals surface area contributed by atoms with Crippen molar-refractivity contribution in [2.75, 3.05) is 24.3 Å². The number of hydrogen-bond acceptors (Lipinski definition) is 4. The third-order valence-electron chi connectivity index (χ3n) is 2.96. The Morgan fingerprint density at radius 2 is 2.20 bits per heavy atom. The van der Waals surface area contributed by atoms with Crippen LogP contribution in [0.15, 0.2) is 35.7 Å². The van der Waals surface area contributed by atoms with Gasteiger partial charge in [-0.25, -0.2) is 0 Å². The average molecular weight is 290 g/mol. The number of nitrogens with two attached hydrogens (primary N) is 1. The fourth-order valence-electron chi connectivity index (χ4n) is 1.77. The lowest BCUT2D eigenvalue weighted by atomic mass is 10.1. The van der Waals surface area contributed by atoms with E-state index in [4.69, 9.17) is 10.5 Å². The van der Waals surface area contributed by atoms with Crippen LogP contribution in [0.1, 0.15) is 10.4 Å². The molecule has 106 valence electrons. The predicted octanol–water partition coefficient (Wildman–Crippen LogP) is 2.84. The topological polar surface area (TPSA) is 64.3 Å². The molecular weight excluding hydrogens is 272 g/mol. The van der Waals surface area contributed by atoms with Gasteiger partial charge in [-0.1, -0.05) is 12.1 Å². The molecule has 0 saturated carbocycles. The molecule has 0 spiro atoms. The Labute approximate surface area is 122 Å². The van der Waals surface area contributed by atoms with Crippen molar-refractivity contribution in [3.63, 3.8) is 0 Å². The molecule has 3 N–H and O–H groups in total. The molecule has 0 aliphatic rings. The van der Waals surface area contributed by atoms with Gasteiger partial charge in [0.15, 0.2) is 0 Å². The molecule has 1 amide bonds. The Balaban J connectivity index is 1.74. The number of anilines is 2. The average Bonchev–Trinajstić information content (AvgIpc) is 2.93. The number of ether oxygens (including phenoxy) is 1. The number of nitrogen functional groups attached to an aromatic ring is 1. The lowest BCUT2D eigenvalue weighted by Gasteiger charge is -2.10. The molecule has 4 nitrogen and oxygen atoms in total. The fraction of sp³-hybridized carbons (Fsp3) is 0.267. The number of hydrogen-bond donors (Lipinski definition) is 2. The molecule has 1 aromatic heterocycles. The number of rotatable bonds is 6. The zero-order valence-corrected chi connectivity index (χ0v) is 12.2. The fourth-order valence-corrected chi connectivity index (χ4v) is 2.46. The van der Waals surface area contributed by atoms with Crippen LogP contribution < -0.4 is 11.1 Å². The summed E-state index contributed by atoms with van der Waals surface area (Å²) in [6, 6.07) is 9.52. The molecule has 1 aromatic carbocycles. The maximum Gasteiger partial charge on any atom is 0.250 e. The number of carbonyl (C=O) groups is 1. The lowest BCUT2D eigenvalue weighted by molar-refractivity contribution is -0.120. The van der Waals surface area contributed by atoms with Crippen molar-refractivity contribution in [3.8, 4) is 0 Å². The molecule has 0 aliphatic heterocycles. The van der Waals surface area contributed by atoms with Gasteiger partial charge < -0.3 is 15.8 Å². The van der Waals surface area contributed by atoms with Crippen LogP contribution in [-0.2, 0) is 16.0 Å². The van der Waals surface area contributed by atoms with Crippen LogP contribution >= 0.6 is 11.3 Å². The van der Waals surface area contributed by atoms with Gasteiger partial charge in [-0.05, 0) is 36.1 Å². The molecule has 0 saturated heterocycles. The van der Waals surface area contributed by atoms with Crippen LogP contribution in [0.25, 0.3) is 0 Å². The summed E-state index contributed by atoms with van der Waals surface area (Å²) < 4.78 is 5.37. The van der Waals surface area contributed by atoms with Gasteiger partial charge in [0.1, 0.15) is 6.61 Å². The van der Waals surface area contributed by atoms with Gasteiger partial charge in [0.05, 0.1) is 6.61 Å². The van der Waals surface area contributed by atoms with Crippen molar-refractivity contribution < 1.29 is 9.53 Å². The SMILES string of the molecule is Cc1c(N)cccc1NC(=O)COCCc1cccs1. The second-order valence-corrected chi connectivity index (χ2v) is 5.48. The van der Waals surface area contributed by atoms with Crippen molar-refractivity contribution in [2.24, 2.45) is 0 Å². The molecule has 1 heterocycles. The molecule has 0 radical (unpaired) electrons. The van der Waals surface area contributed by atoms with E-state index in [0.29, 0.717) is 12.3 Å². The maximum absolute atomic E-state index is 11.8. The van der Waals surface area contributed by atoms with Crippen molar-refractivity contribution in [1.29, 1.82) is 0 Å². The minimum atomic E-state index is -0.162. The van der Waals surface area contributed by atoms with Gasteiger partial charge in [-0.3, -0.25) is 4.79 Å². The molecule has 0 bridgehead atoms. The van der Waals surface area contributed by atoms with Crippen molar-refractivity contribution >= 4 is 28.6 Å². The summed E-state index contributed by atoms with van der Waals surface area (Å²) in [5, 5.41) is 4.84. The predicted molar refractivity (Wildman–Crippen MR) is 83.1 cm³/mol. The third-order valence-corrected chi connectivity index (χ3v) is 3.89. The minimum Gasteiger partial charge on any atom is -0.398 e. The molecule has 2 rings (SSSR count). The standard InChI is InChI=1S/C15H18N2O2S/c1-11-13(16)5-2-6-14(11)17-15(18)10-19-8-7-12-4-3-9-20-12/h2-6,9H,7-8,10,16H2,1H3,(H,17,18). The molecule has 0 fully saturated rings. The highest BCUT2D eigenvalue weighted by Gasteiger charge is 2.06. The molecule has 0 atom stereocenters. The Morgan fingerprint density at radius 1 is 1.35 bits per heavy atom. The monoisotopic (exact) mass is 290 g/mol. The largest absolute Gasteiger partial charge is 0.398 e. The summed E-state index contributed by atoms with van der Waals surface area (Å²) in [7, 11) is 0. The summed E-state index contributed by atoms with van der Waals surface area (Å²) in [5.74, 6) is -0.162. The van der Waals surface area contributed by atoms with Gasteiger partial charge in [-0.2, -0.15) is 0 Å². The summed E-state index contributed by atoms with van der Waals surface area (Å²) in [4.78, 5) is 13.0. The van der Waals surface area contributed by atoms with E-state index in [1.165, 1.54) is 4.88 Å². The zero-order valence-electron chi connectivity index (χ0n) is 11.4. The van der Waals surface area contributed by atoms with E-state index < -0.39 is 0 Å². The Bertz CT molecular complexity index is 567. The number of thiophene rings is 1. The summed E-state index contributed by atoms with van der Waals surface area (Å²) in [6.07, 6.45) is 0.836. The van der Waals surface area contributed by atoms with E-state index in [2.05, 4.69) is 11.4 Å². The molecule has 0 unspecified atom stereocenters. The smallest absolute Gasteiger partial charge is 0.250 e.